The number of hydrogen-bond donors (Lipinski definition) is 2. The zero-order valence-corrected chi connectivity index (χ0v) is 4.61. The van der Waals surface area contributed by atoms with Crippen LogP contribution in [0.15, 0.2) is 10.2 Å². The SMILES string of the molecule is NC(=O)C1=NN=CC1N. The van der Waals surface area contributed by atoms with Crippen LogP contribution >= 0.6 is 0 Å². The number of nitrogens with two attached hydrogens (primary N) is 2. The molecule has 0 saturated heterocycles. The molecule has 1 atom stereocenters. The highest BCUT2D eigenvalue weighted by Crippen LogP contribution is 1.91. The van der Waals surface area contributed by atoms with Gasteiger partial charge in [0.15, 0.2) is 0 Å². The summed E-state index contributed by atoms with van der Waals surface area (Å²) < 4.78 is 0. The second kappa shape index (κ2) is 1.94. The van der Waals surface area contributed by atoms with Crippen LogP contribution in [0.2, 0.25) is 0 Å². The Morgan fingerprint density at radius 1 is 1.78 bits per heavy atom. The van der Waals surface area contributed by atoms with Crippen LogP contribution in [0.4, 0.5) is 0 Å². The van der Waals surface area contributed by atoms with E-state index in [2.05, 4.69) is 10.2 Å². The fourth-order valence-corrected chi connectivity index (χ4v) is 0.518. The molecule has 0 bridgehead atoms. The summed E-state index contributed by atoms with van der Waals surface area (Å²) in [6.45, 7) is 0. The Kier molecular flexibility index (Phi) is 1.27. The molecule has 1 aliphatic heterocycles. The lowest BCUT2D eigenvalue weighted by Gasteiger charge is -1.96. The van der Waals surface area contributed by atoms with Gasteiger partial charge in [-0.3, -0.25) is 4.79 Å². The van der Waals surface area contributed by atoms with E-state index >= 15 is 0 Å². The van der Waals surface area contributed by atoms with E-state index in [1.54, 1.807) is 0 Å². The first-order valence-electron chi connectivity index (χ1n) is 2.38. The molecule has 1 heterocycles. The summed E-state index contributed by atoms with van der Waals surface area (Å²) in [4.78, 5) is 10.3. The Bertz CT molecular complexity index is 195. The van der Waals surface area contributed by atoms with Gasteiger partial charge in [-0.15, -0.1) is 5.10 Å². The molecule has 5 heteroatoms. The summed E-state index contributed by atoms with van der Waals surface area (Å²) in [5.41, 5.74) is 10.3. The topological polar surface area (TPSA) is 93.8 Å². The molecule has 1 amide bonds. The van der Waals surface area contributed by atoms with E-state index < -0.39 is 11.9 Å². The average molecular weight is 126 g/mol. The van der Waals surface area contributed by atoms with Gasteiger partial charge in [-0.1, -0.05) is 0 Å². The van der Waals surface area contributed by atoms with Crippen molar-refractivity contribution in [3.63, 3.8) is 0 Å². The van der Waals surface area contributed by atoms with E-state index in [-0.39, 0.29) is 5.71 Å². The number of hydrogen-bond acceptors (Lipinski definition) is 4. The van der Waals surface area contributed by atoms with Gasteiger partial charge in [0.25, 0.3) is 5.91 Å². The predicted octanol–water partition coefficient (Wildman–Crippen LogP) is -1.76. The van der Waals surface area contributed by atoms with Crippen molar-refractivity contribution in [2.45, 2.75) is 6.04 Å². The number of nitrogens with zero attached hydrogens (tertiary/aromatic N) is 2. The molecule has 0 aliphatic carbocycles. The van der Waals surface area contributed by atoms with Crippen molar-refractivity contribution in [3.8, 4) is 0 Å². The zero-order chi connectivity index (χ0) is 6.85. The van der Waals surface area contributed by atoms with Gasteiger partial charge in [0, 0.05) is 0 Å². The van der Waals surface area contributed by atoms with Crippen molar-refractivity contribution >= 4 is 17.8 Å². The molecule has 1 rings (SSSR count). The summed E-state index contributed by atoms with van der Waals surface area (Å²) >= 11 is 0. The second-order valence-corrected chi connectivity index (χ2v) is 1.64. The van der Waals surface area contributed by atoms with Crippen molar-refractivity contribution in [3.05, 3.63) is 0 Å². The molecule has 0 aromatic rings. The number of carbonyl (C=O) groups is 1. The molecule has 0 fully saturated rings. The summed E-state index contributed by atoms with van der Waals surface area (Å²) in [5.74, 6) is -0.611. The minimum atomic E-state index is -0.611. The molecule has 0 saturated carbocycles. The maximum atomic E-state index is 10.3. The van der Waals surface area contributed by atoms with Crippen LogP contribution in [0.5, 0.6) is 0 Å². The van der Waals surface area contributed by atoms with Crippen LogP contribution in [-0.2, 0) is 4.79 Å². The Labute approximate surface area is 51.4 Å². The minimum Gasteiger partial charge on any atom is -0.364 e. The first kappa shape index (κ1) is 5.90. The molecule has 0 spiro atoms. The third-order valence-electron chi connectivity index (χ3n) is 0.961. The zero-order valence-electron chi connectivity index (χ0n) is 4.61. The van der Waals surface area contributed by atoms with E-state index in [1.807, 2.05) is 0 Å². The Morgan fingerprint density at radius 3 is 2.67 bits per heavy atom. The first-order chi connectivity index (χ1) is 4.22. The normalized spacial score (nSPS) is 24.1. The molecule has 0 aromatic carbocycles. The molecular weight excluding hydrogens is 120 g/mol. The standard InChI is InChI=1S/C4H6N4O/c5-2-1-7-8-3(2)4(6)9/h1-2H,5H2,(H2,6,9). The van der Waals surface area contributed by atoms with Gasteiger partial charge >= 0.3 is 0 Å². The molecular formula is C4H6N4O. The molecule has 0 aromatic heterocycles. The summed E-state index contributed by atoms with van der Waals surface area (Å²) in [7, 11) is 0. The number of carbonyl (C=O) groups excluding carboxylic acids is 1. The van der Waals surface area contributed by atoms with E-state index in [4.69, 9.17) is 11.5 Å². The van der Waals surface area contributed by atoms with Gasteiger partial charge < -0.3 is 11.5 Å². The fourth-order valence-electron chi connectivity index (χ4n) is 0.518. The van der Waals surface area contributed by atoms with Gasteiger partial charge in [0.2, 0.25) is 0 Å². The van der Waals surface area contributed by atoms with Gasteiger partial charge in [-0.2, -0.15) is 5.10 Å². The highest BCUT2D eigenvalue weighted by atomic mass is 16.1. The van der Waals surface area contributed by atoms with E-state index in [9.17, 15) is 4.79 Å². The van der Waals surface area contributed by atoms with Crippen LogP contribution in [0, 0.1) is 0 Å². The Balaban J connectivity index is 2.76. The van der Waals surface area contributed by atoms with E-state index in [0.29, 0.717) is 0 Å². The highest BCUT2D eigenvalue weighted by molar-refractivity contribution is 6.44. The lowest BCUT2D eigenvalue weighted by Crippen LogP contribution is -2.38. The quantitative estimate of drug-likeness (QED) is 0.435. The van der Waals surface area contributed by atoms with Gasteiger partial charge in [0.1, 0.15) is 5.71 Å². The third kappa shape index (κ3) is 0.945. The Morgan fingerprint density at radius 2 is 2.44 bits per heavy atom. The minimum absolute atomic E-state index is 0.120. The summed E-state index contributed by atoms with van der Waals surface area (Å²) in [6.07, 6.45) is 1.36. The van der Waals surface area contributed by atoms with Gasteiger partial charge in [-0.25, -0.2) is 0 Å². The van der Waals surface area contributed by atoms with E-state index in [1.165, 1.54) is 6.21 Å². The lowest BCUT2D eigenvalue weighted by atomic mass is 10.2. The number of primary amides is 1. The molecule has 9 heavy (non-hydrogen) atoms. The lowest BCUT2D eigenvalue weighted by molar-refractivity contribution is -0.112. The van der Waals surface area contributed by atoms with Crippen molar-refractivity contribution < 1.29 is 4.79 Å². The van der Waals surface area contributed by atoms with Crippen LogP contribution in [0.1, 0.15) is 0 Å². The molecule has 48 valence electrons. The van der Waals surface area contributed by atoms with Crippen LogP contribution in [0.25, 0.3) is 0 Å². The second-order valence-electron chi connectivity index (χ2n) is 1.64. The summed E-state index contributed by atoms with van der Waals surface area (Å²) in [5, 5.41) is 6.81. The molecule has 1 unspecified atom stereocenters. The molecule has 0 radical (unpaired) electrons. The number of rotatable bonds is 1. The maximum Gasteiger partial charge on any atom is 0.267 e. The summed E-state index contributed by atoms with van der Waals surface area (Å²) in [6, 6.07) is -0.512. The van der Waals surface area contributed by atoms with Gasteiger partial charge in [0.05, 0.1) is 12.3 Å². The third-order valence-corrected chi connectivity index (χ3v) is 0.961. The smallest absolute Gasteiger partial charge is 0.267 e. The highest BCUT2D eigenvalue weighted by Gasteiger charge is 2.18. The predicted molar refractivity (Wildman–Crippen MR) is 33.1 cm³/mol. The fraction of sp³-hybridized carbons (Fsp3) is 0.250. The van der Waals surface area contributed by atoms with Crippen molar-refractivity contribution in [2.75, 3.05) is 0 Å². The van der Waals surface area contributed by atoms with Crippen molar-refractivity contribution in [1.29, 1.82) is 0 Å². The Hall–Kier alpha value is -1.23. The van der Waals surface area contributed by atoms with Crippen LogP contribution < -0.4 is 11.5 Å². The van der Waals surface area contributed by atoms with E-state index in [0.717, 1.165) is 0 Å². The van der Waals surface area contributed by atoms with Crippen LogP contribution in [-0.4, -0.2) is 23.9 Å². The monoisotopic (exact) mass is 126 g/mol. The maximum absolute atomic E-state index is 10.3. The van der Waals surface area contributed by atoms with Gasteiger partial charge in [-0.05, 0) is 0 Å². The molecule has 5 nitrogen and oxygen atoms in total. The van der Waals surface area contributed by atoms with Crippen molar-refractivity contribution in [2.24, 2.45) is 21.7 Å². The number of amides is 1. The van der Waals surface area contributed by atoms with Crippen LogP contribution in [0.3, 0.4) is 0 Å². The first-order valence-corrected chi connectivity index (χ1v) is 2.38. The molecule has 4 N–H and O–H groups in total. The molecule has 1 aliphatic rings. The average Bonchev–Trinajstić information content (AvgIpc) is 2.13. The largest absolute Gasteiger partial charge is 0.364 e. The van der Waals surface area contributed by atoms with Crippen molar-refractivity contribution in [1.82, 2.24) is 0 Å².